The van der Waals surface area contributed by atoms with Crippen molar-refractivity contribution in [2.75, 3.05) is 18.9 Å². The van der Waals surface area contributed by atoms with Crippen molar-refractivity contribution in [3.63, 3.8) is 0 Å². The maximum atomic E-state index is 14.0. The Morgan fingerprint density at radius 2 is 2.07 bits per heavy atom. The number of halogens is 2. The number of hydrogen-bond acceptors (Lipinski definition) is 3. The molecule has 1 saturated carbocycles. The van der Waals surface area contributed by atoms with Gasteiger partial charge in [-0.25, -0.2) is 4.39 Å². The summed E-state index contributed by atoms with van der Waals surface area (Å²) in [6.45, 7) is 4.19. The summed E-state index contributed by atoms with van der Waals surface area (Å²) < 4.78 is 16.1. The zero-order chi connectivity index (χ0) is 21.1. The molecule has 1 N–H and O–H groups in total. The van der Waals surface area contributed by atoms with Gasteiger partial charge in [0.25, 0.3) is 0 Å². The van der Waals surface area contributed by atoms with Gasteiger partial charge in [0.05, 0.1) is 12.1 Å². The zero-order valence-electron chi connectivity index (χ0n) is 17.1. The Morgan fingerprint density at radius 3 is 2.69 bits per heavy atom. The van der Waals surface area contributed by atoms with Gasteiger partial charge in [-0.05, 0) is 51.4 Å². The zero-order valence-corrected chi connectivity index (χ0v) is 17.8. The molecule has 2 aromatic rings. The number of carbonyl (C=O) groups is 1. The first-order chi connectivity index (χ1) is 13.8. The summed E-state index contributed by atoms with van der Waals surface area (Å²) in [6.07, 6.45) is 4.41. The van der Waals surface area contributed by atoms with E-state index in [2.05, 4.69) is 16.0 Å². The van der Waals surface area contributed by atoms with E-state index < -0.39 is 5.82 Å². The maximum absolute atomic E-state index is 14.0. The van der Waals surface area contributed by atoms with Crippen LogP contribution in [0.2, 0.25) is 5.02 Å². The molecule has 0 saturated heterocycles. The van der Waals surface area contributed by atoms with E-state index >= 15 is 0 Å². The summed E-state index contributed by atoms with van der Waals surface area (Å²) in [6, 6.07) is 7.09. The summed E-state index contributed by atoms with van der Waals surface area (Å²) >= 11 is 6.09. The Hall–Kier alpha value is -2.36. The lowest BCUT2D eigenvalue weighted by atomic mass is 10.2. The molecule has 0 atom stereocenters. The van der Waals surface area contributed by atoms with E-state index in [1.54, 1.807) is 24.1 Å². The number of benzene rings is 1. The molecule has 1 aromatic carbocycles. The van der Waals surface area contributed by atoms with Crippen molar-refractivity contribution in [3.8, 4) is 6.07 Å². The molecular formula is C22H26ClFN4O. The van der Waals surface area contributed by atoms with Crippen molar-refractivity contribution in [1.82, 2.24) is 9.47 Å². The fourth-order valence-corrected chi connectivity index (χ4v) is 4.35. The second-order valence-corrected chi connectivity index (χ2v) is 8.18. The fraction of sp³-hybridized carbons (Fsp3) is 0.455. The van der Waals surface area contributed by atoms with Gasteiger partial charge in [0.2, 0.25) is 5.91 Å². The van der Waals surface area contributed by atoms with Crippen molar-refractivity contribution < 1.29 is 9.18 Å². The molecule has 1 aromatic heterocycles. The van der Waals surface area contributed by atoms with E-state index in [-0.39, 0.29) is 19.0 Å². The van der Waals surface area contributed by atoms with E-state index in [0.717, 1.165) is 36.9 Å². The topological polar surface area (TPSA) is 61.1 Å². The summed E-state index contributed by atoms with van der Waals surface area (Å²) in [7, 11) is 1.74. The molecule has 0 unspecified atom stereocenters. The van der Waals surface area contributed by atoms with Crippen LogP contribution in [-0.4, -0.2) is 29.0 Å². The molecule has 5 nitrogen and oxygen atoms in total. The summed E-state index contributed by atoms with van der Waals surface area (Å²) in [5, 5.41) is 12.9. The summed E-state index contributed by atoms with van der Waals surface area (Å²) in [4.78, 5) is 14.4. The van der Waals surface area contributed by atoms with Gasteiger partial charge in [-0.1, -0.05) is 30.5 Å². The molecule has 154 valence electrons. The number of likely N-dealkylation sites (N-methyl/N-ethyl adjacent to an activating group) is 1. The number of nitrogens with zero attached hydrogens (tertiary/aromatic N) is 3. The Labute approximate surface area is 176 Å². The molecule has 1 aliphatic carbocycles. The smallest absolute Gasteiger partial charge is 0.239 e. The standard InChI is InChI=1S/C22H26ClFN4O/c1-14-15(2)28(16-7-4-5-8-16)22(17(14)11-25)26-21(29)13-27(3)12-18-19(23)9-6-10-20(18)24/h6,9-10,16H,4-5,7-8,12-13H2,1-3H3,(H,26,29). The Morgan fingerprint density at radius 1 is 1.38 bits per heavy atom. The SMILES string of the molecule is Cc1c(C#N)c(NC(=O)CN(C)Cc2c(F)cccc2Cl)n(C2CCCC2)c1C. The van der Waals surface area contributed by atoms with E-state index in [0.29, 0.717) is 28.0 Å². The molecule has 3 rings (SSSR count). The minimum Gasteiger partial charge on any atom is -0.327 e. The van der Waals surface area contributed by atoms with Crippen molar-refractivity contribution in [1.29, 1.82) is 5.26 Å². The van der Waals surface area contributed by atoms with E-state index in [1.165, 1.54) is 6.07 Å². The first-order valence-electron chi connectivity index (χ1n) is 9.86. The largest absolute Gasteiger partial charge is 0.327 e. The van der Waals surface area contributed by atoms with E-state index in [9.17, 15) is 14.4 Å². The summed E-state index contributed by atoms with van der Waals surface area (Å²) in [5.74, 6) is -0.0529. The van der Waals surface area contributed by atoms with Crippen LogP contribution in [0.3, 0.4) is 0 Å². The quantitative estimate of drug-likeness (QED) is 0.724. The van der Waals surface area contributed by atoms with Gasteiger partial charge >= 0.3 is 0 Å². The minimum absolute atomic E-state index is 0.0590. The molecule has 1 fully saturated rings. The van der Waals surface area contributed by atoms with Crippen molar-refractivity contribution in [2.24, 2.45) is 0 Å². The van der Waals surface area contributed by atoms with Gasteiger partial charge in [-0.15, -0.1) is 0 Å². The fourth-order valence-electron chi connectivity index (χ4n) is 4.13. The Bertz CT molecular complexity index is 936. The number of hydrogen-bond donors (Lipinski definition) is 1. The maximum Gasteiger partial charge on any atom is 0.239 e. The van der Waals surface area contributed by atoms with Crippen LogP contribution in [0.4, 0.5) is 10.2 Å². The number of amides is 1. The second kappa shape index (κ2) is 8.98. The minimum atomic E-state index is -0.391. The average Bonchev–Trinajstić information content (AvgIpc) is 3.26. The third kappa shape index (κ3) is 4.47. The monoisotopic (exact) mass is 416 g/mol. The molecule has 0 aliphatic heterocycles. The van der Waals surface area contributed by atoms with Crippen LogP contribution in [-0.2, 0) is 11.3 Å². The lowest BCUT2D eigenvalue weighted by Crippen LogP contribution is -2.31. The Kier molecular flexibility index (Phi) is 6.61. The molecule has 29 heavy (non-hydrogen) atoms. The molecule has 0 spiro atoms. The third-order valence-corrected chi connectivity index (χ3v) is 6.07. The number of anilines is 1. The van der Waals surface area contributed by atoms with E-state index in [1.807, 2.05) is 13.8 Å². The Balaban J connectivity index is 1.77. The predicted molar refractivity (Wildman–Crippen MR) is 112 cm³/mol. The van der Waals surface area contributed by atoms with Gasteiger partial charge in [0.1, 0.15) is 17.7 Å². The van der Waals surface area contributed by atoms with Crippen LogP contribution >= 0.6 is 11.6 Å². The van der Waals surface area contributed by atoms with Crippen LogP contribution in [0.15, 0.2) is 18.2 Å². The second-order valence-electron chi connectivity index (χ2n) is 7.77. The van der Waals surface area contributed by atoms with E-state index in [4.69, 9.17) is 11.6 Å². The number of nitrogens with one attached hydrogen (secondary N) is 1. The normalized spacial score (nSPS) is 14.4. The van der Waals surface area contributed by atoms with Crippen LogP contribution < -0.4 is 5.32 Å². The highest BCUT2D eigenvalue weighted by Gasteiger charge is 2.27. The van der Waals surface area contributed by atoms with Crippen LogP contribution in [0.5, 0.6) is 0 Å². The highest BCUT2D eigenvalue weighted by Crippen LogP contribution is 2.37. The molecule has 1 heterocycles. The molecule has 0 bridgehead atoms. The number of aromatic nitrogens is 1. The highest BCUT2D eigenvalue weighted by atomic mass is 35.5. The van der Waals surface area contributed by atoms with Gasteiger partial charge in [-0.3, -0.25) is 9.69 Å². The van der Waals surface area contributed by atoms with Crippen LogP contribution in [0.1, 0.15) is 54.1 Å². The number of nitriles is 1. The molecular weight excluding hydrogens is 391 g/mol. The lowest BCUT2D eigenvalue weighted by Gasteiger charge is -2.21. The number of carbonyl (C=O) groups excluding carboxylic acids is 1. The molecule has 0 radical (unpaired) electrons. The van der Waals surface area contributed by atoms with Crippen molar-refractivity contribution >= 4 is 23.3 Å². The average molecular weight is 417 g/mol. The molecule has 7 heteroatoms. The van der Waals surface area contributed by atoms with Gasteiger partial charge in [-0.2, -0.15) is 5.26 Å². The van der Waals surface area contributed by atoms with Crippen LogP contribution in [0, 0.1) is 31.0 Å². The molecule has 1 aliphatic rings. The lowest BCUT2D eigenvalue weighted by molar-refractivity contribution is -0.117. The van der Waals surface area contributed by atoms with Crippen molar-refractivity contribution in [3.05, 3.63) is 51.4 Å². The van der Waals surface area contributed by atoms with Crippen molar-refractivity contribution in [2.45, 2.75) is 52.1 Å². The first-order valence-corrected chi connectivity index (χ1v) is 10.2. The summed E-state index contributed by atoms with van der Waals surface area (Å²) in [5.41, 5.74) is 2.81. The third-order valence-electron chi connectivity index (χ3n) is 5.72. The molecule has 1 amide bonds. The van der Waals surface area contributed by atoms with Gasteiger partial charge in [0.15, 0.2) is 0 Å². The highest BCUT2D eigenvalue weighted by molar-refractivity contribution is 6.31. The first kappa shape index (κ1) is 21.4. The number of rotatable bonds is 6. The van der Waals surface area contributed by atoms with Gasteiger partial charge in [0, 0.05) is 28.9 Å². The predicted octanol–water partition coefficient (Wildman–Crippen LogP) is 4.95. The van der Waals surface area contributed by atoms with Crippen LogP contribution in [0.25, 0.3) is 0 Å². The van der Waals surface area contributed by atoms with Gasteiger partial charge < -0.3 is 9.88 Å².